The van der Waals surface area contributed by atoms with Gasteiger partial charge < -0.3 is 5.32 Å². The Hall–Kier alpha value is -1.86. The molecule has 0 radical (unpaired) electrons. The summed E-state index contributed by atoms with van der Waals surface area (Å²) in [6.07, 6.45) is 0.658. The first-order chi connectivity index (χ1) is 6.83. The Balaban J connectivity index is 2.09. The number of amides is 1. The molecule has 0 aliphatic rings. The molecule has 2 N–H and O–H groups in total. The molecule has 0 atom stereocenters. The van der Waals surface area contributed by atoms with Crippen molar-refractivity contribution in [3.05, 3.63) is 10.7 Å². The van der Waals surface area contributed by atoms with Crippen molar-refractivity contribution in [2.24, 2.45) is 5.18 Å². The van der Waals surface area contributed by atoms with Crippen molar-refractivity contribution in [1.29, 1.82) is 0 Å². The van der Waals surface area contributed by atoms with Crippen molar-refractivity contribution >= 4 is 5.91 Å². The number of nitroso groups, excluding NO2 is 1. The molecule has 1 aromatic heterocycles. The van der Waals surface area contributed by atoms with E-state index in [0.717, 1.165) is 0 Å². The Labute approximate surface area is 79.4 Å². The number of H-pyrrole nitrogens is 1. The van der Waals surface area contributed by atoms with Gasteiger partial charge in [0.1, 0.15) is 5.82 Å². The second-order valence-electron chi connectivity index (χ2n) is 2.55. The van der Waals surface area contributed by atoms with Gasteiger partial charge in [0, 0.05) is 19.4 Å². The van der Waals surface area contributed by atoms with Crippen molar-refractivity contribution < 1.29 is 4.79 Å². The molecule has 0 spiro atoms. The SMILES string of the molecule is O=NCCC(=O)NCCc1nnn[nH]1. The number of carbonyl (C=O) groups excluding carboxylic acids is 1. The van der Waals surface area contributed by atoms with E-state index in [2.05, 4.69) is 31.1 Å². The van der Waals surface area contributed by atoms with Crippen LogP contribution in [-0.2, 0) is 11.2 Å². The molecular formula is C6H10N6O2. The quantitative estimate of drug-likeness (QED) is 0.570. The standard InChI is InChI=1S/C6H10N6O2/c13-6(2-4-8-14)7-3-1-5-9-11-12-10-5/h1-4H2,(H,7,13)(H,9,10,11,12). The highest BCUT2D eigenvalue weighted by Crippen LogP contribution is 1.85. The summed E-state index contributed by atoms with van der Waals surface area (Å²) < 4.78 is 0. The Morgan fingerprint density at radius 3 is 3.07 bits per heavy atom. The molecule has 1 rings (SSSR count). The highest BCUT2D eigenvalue weighted by molar-refractivity contribution is 5.76. The zero-order chi connectivity index (χ0) is 10.2. The number of aromatic nitrogens is 4. The molecule has 0 aliphatic carbocycles. The van der Waals surface area contributed by atoms with Gasteiger partial charge in [-0.2, -0.15) is 4.91 Å². The third kappa shape index (κ3) is 3.70. The minimum absolute atomic E-state index is 0.00962. The maximum Gasteiger partial charge on any atom is 0.222 e. The van der Waals surface area contributed by atoms with Crippen LogP contribution in [-0.4, -0.2) is 39.6 Å². The first kappa shape index (κ1) is 10.2. The third-order valence-corrected chi connectivity index (χ3v) is 1.50. The number of tetrazole rings is 1. The van der Waals surface area contributed by atoms with Crippen molar-refractivity contribution in [2.75, 3.05) is 13.1 Å². The van der Waals surface area contributed by atoms with E-state index in [1.807, 2.05) is 0 Å². The van der Waals surface area contributed by atoms with E-state index in [4.69, 9.17) is 0 Å². The average molecular weight is 198 g/mol. The summed E-state index contributed by atoms with van der Waals surface area (Å²) in [5.74, 6) is 0.413. The number of nitrogens with zero attached hydrogens (tertiary/aromatic N) is 4. The predicted octanol–water partition coefficient (Wildman–Crippen LogP) is -0.985. The van der Waals surface area contributed by atoms with Gasteiger partial charge in [0.25, 0.3) is 0 Å². The molecule has 14 heavy (non-hydrogen) atoms. The van der Waals surface area contributed by atoms with Gasteiger partial charge in [0.05, 0.1) is 6.54 Å². The van der Waals surface area contributed by atoms with E-state index in [-0.39, 0.29) is 18.9 Å². The highest BCUT2D eigenvalue weighted by Gasteiger charge is 2.01. The largest absolute Gasteiger partial charge is 0.356 e. The molecule has 0 saturated heterocycles. The third-order valence-electron chi connectivity index (χ3n) is 1.50. The molecule has 0 bridgehead atoms. The lowest BCUT2D eigenvalue weighted by Gasteiger charge is -2.00. The minimum Gasteiger partial charge on any atom is -0.356 e. The van der Waals surface area contributed by atoms with Gasteiger partial charge in [-0.05, 0) is 10.4 Å². The van der Waals surface area contributed by atoms with Crippen molar-refractivity contribution in [3.63, 3.8) is 0 Å². The summed E-state index contributed by atoms with van der Waals surface area (Å²) in [6.45, 7) is 0.449. The van der Waals surface area contributed by atoms with Crippen LogP contribution >= 0.6 is 0 Å². The number of carbonyl (C=O) groups is 1. The van der Waals surface area contributed by atoms with Gasteiger partial charge in [0.15, 0.2) is 0 Å². The van der Waals surface area contributed by atoms with Crippen LogP contribution in [0.25, 0.3) is 0 Å². The van der Waals surface area contributed by atoms with Gasteiger partial charge in [-0.3, -0.25) is 4.79 Å². The normalized spacial score (nSPS) is 9.71. The second kappa shape index (κ2) is 5.73. The number of rotatable bonds is 6. The fraction of sp³-hybridized carbons (Fsp3) is 0.667. The number of aromatic amines is 1. The molecule has 8 nitrogen and oxygen atoms in total. The number of hydrogen-bond acceptors (Lipinski definition) is 6. The summed E-state index contributed by atoms with van der Waals surface area (Å²) >= 11 is 0. The lowest BCUT2D eigenvalue weighted by Crippen LogP contribution is -2.26. The first-order valence-electron chi connectivity index (χ1n) is 4.11. The maximum atomic E-state index is 11.0. The molecular weight excluding hydrogens is 188 g/mol. The van der Waals surface area contributed by atoms with Crippen LogP contribution in [0.2, 0.25) is 0 Å². The molecule has 1 heterocycles. The average Bonchev–Trinajstić information content (AvgIpc) is 2.67. The van der Waals surface area contributed by atoms with Crippen LogP contribution in [0.3, 0.4) is 0 Å². The Kier molecular flexibility index (Phi) is 4.18. The van der Waals surface area contributed by atoms with E-state index >= 15 is 0 Å². The van der Waals surface area contributed by atoms with Crippen LogP contribution in [0, 0.1) is 4.91 Å². The number of nitrogens with one attached hydrogen (secondary N) is 2. The van der Waals surface area contributed by atoms with Gasteiger partial charge in [-0.25, -0.2) is 5.10 Å². The minimum atomic E-state index is -0.197. The molecule has 0 saturated carbocycles. The van der Waals surface area contributed by atoms with Crippen LogP contribution in [0.5, 0.6) is 0 Å². The Morgan fingerprint density at radius 2 is 2.43 bits per heavy atom. The molecule has 0 unspecified atom stereocenters. The summed E-state index contributed by atoms with van der Waals surface area (Å²) in [7, 11) is 0. The first-order valence-corrected chi connectivity index (χ1v) is 4.11. The van der Waals surface area contributed by atoms with Crippen molar-refractivity contribution in [1.82, 2.24) is 25.9 Å². The molecule has 0 aromatic carbocycles. The molecule has 1 aromatic rings. The molecule has 76 valence electrons. The van der Waals surface area contributed by atoms with Gasteiger partial charge >= 0.3 is 0 Å². The fourth-order valence-electron chi connectivity index (χ4n) is 0.841. The highest BCUT2D eigenvalue weighted by atomic mass is 16.3. The van der Waals surface area contributed by atoms with E-state index < -0.39 is 0 Å². The fourth-order valence-corrected chi connectivity index (χ4v) is 0.841. The molecule has 1 amide bonds. The zero-order valence-corrected chi connectivity index (χ0v) is 7.43. The monoisotopic (exact) mass is 198 g/mol. The Morgan fingerprint density at radius 1 is 1.57 bits per heavy atom. The van der Waals surface area contributed by atoms with Crippen LogP contribution < -0.4 is 5.32 Å². The van der Waals surface area contributed by atoms with E-state index in [0.29, 0.717) is 18.8 Å². The van der Waals surface area contributed by atoms with Crippen LogP contribution in [0.4, 0.5) is 0 Å². The lowest BCUT2D eigenvalue weighted by atomic mass is 10.3. The van der Waals surface area contributed by atoms with Crippen LogP contribution in [0.15, 0.2) is 5.18 Å². The molecule has 8 heteroatoms. The second-order valence-corrected chi connectivity index (χ2v) is 2.55. The van der Waals surface area contributed by atoms with E-state index in [1.165, 1.54) is 0 Å². The molecule has 0 fully saturated rings. The topological polar surface area (TPSA) is 113 Å². The van der Waals surface area contributed by atoms with Gasteiger partial charge in [-0.15, -0.1) is 5.10 Å². The lowest BCUT2D eigenvalue weighted by molar-refractivity contribution is -0.120. The summed E-state index contributed by atoms with van der Waals surface area (Å²) in [6, 6.07) is 0. The summed E-state index contributed by atoms with van der Waals surface area (Å²) in [4.78, 5) is 20.7. The van der Waals surface area contributed by atoms with Crippen LogP contribution in [0.1, 0.15) is 12.2 Å². The van der Waals surface area contributed by atoms with Crippen molar-refractivity contribution in [2.45, 2.75) is 12.8 Å². The van der Waals surface area contributed by atoms with E-state index in [1.54, 1.807) is 0 Å². The number of hydrogen-bond donors (Lipinski definition) is 2. The summed E-state index contributed by atoms with van der Waals surface area (Å²) in [5.41, 5.74) is 0. The predicted molar refractivity (Wildman–Crippen MR) is 46.2 cm³/mol. The molecule has 0 aliphatic heterocycles. The summed E-state index contributed by atoms with van der Waals surface area (Å²) in [5, 5.41) is 18.1. The van der Waals surface area contributed by atoms with Gasteiger partial charge in [-0.1, -0.05) is 5.18 Å². The zero-order valence-electron chi connectivity index (χ0n) is 7.43. The smallest absolute Gasteiger partial charge is 0.222 e. The van der Waals surface area contributed by atoms with E-state index in [9.17, 15) is 9.70 Å². The van der Waals surface area contributed by atoms with Gasteiger partial charge in [0.2, 0.25) is 5.91 Å². The maximum absolute atomic E-state index is 11.0. The van der Waals surface area contributed by atoms with Crippen molar-refractivity contribution in [3.8, 4) is 0 Å². The Bertz CT molecular complexity index is 285.